The van der Waals surface area contributed by atoms with Crippen LogP contribution in [0.5, 0.6) is 0 Å². The Morgan fingerprint density at radius 2 is 1.68 bits per heavy atom. The second kappa shape index (κ2) is 4.29. The molecule has 0 spiro atoms. The van der Waals surface area contributed by atoms with Crippen LogP contribution in [0.15, 0.2) is 0 Å². The predicted molar refractivity (Wildman–Crippen MR) is 85.8 cm³/mol. The van der Waals surface area contributed by atoms with Gasteiger partial charge in [-0.2, -0.15) is 0 Å². The van der Waals surface area contributed by atoms with Crippen LogP contribution in [0.3, 0.4) is 0 Å². The van der Waals surface area contributed by atoms with Gasteiger partial charge in [0.15, 0.2) is 0 Å². The fourth-order valence-corrected chi connectivity index (χ4v) is 5.59. The zero-order chi connectivity index (χ0) is 16.0. The van der Waals surface area contributed by atoms with E-state index < -0.39 is 0 Å². The van der Waals surface area contributed by atoms with E-state index in [-0.39, 0.29) is 17.3 Å². The highest BCUT2D eigenvalue weighted by molar-refractivity contribution is 5.12. The fraction of sp³-hybridized carbons (Fsp3) is 1.00. The lowest BCUT2D eigenvalue weighted by molar-refractivity contribution is -0.0485. The van der Waals surface area contributed by atoms with Crippen LogP contribution in [0, 0.1) is 16.7 Å². The molecule has 5 unspecified atom stereocenters. The highest BCUT2D eigenvalue weighted by Gasteiger charge is 2.64. The Bertz CT molecular complexity index is 482. The molecule has 2 aliphatic carbocycles. The summed E-state index contributed by atoms with van der Waals surface area (Å²) >= 11 is 0. The lowest BCUT2D eigenvalue weighted by atomic mass is 9.65. The molecule has 3 nitrogen and oxygen atoms in total. The summed E-state index contributed by atoms with van der Waals surface area (Å²) in [6, 6.07) is 0. The zero-order valence-electron chi connectivity index (χ0n) is 15.1. The Balaban J connectivity index is 1.39. The van der Waals surface area contributed by atoms with Crippen molar-refractivity contribution in [2.24, 2.45) is 16.7 Å². The van der Waals surface area contributed by atoms with E-state index in [0.717, 1.165) is 32.3 Å². The van der Waals surface area contributed by atoms with Gasteiger partial charge >= 0.3 is 0 Å². The van der Waals surface area contributed by atoms with Gasteiger partial charge in [0.1, 0.15) is 6.10 Å². The monoisotopic (exact) mass is 308 g/mol. The zero-order valence-corrected chi connectivity index (χ0v) is 15.1. The van der Waals surface area contributed by atoms with E-state index in [1.165, 1.54) is 0 Å². The van der Waals surface area contributed by atoms with Gasteiger partial charge in [0.05, 0.1) is 30.0 Å². The summed E-state index contributed by atoms with van der Waals surface area (Å²) in [4.78, 5) is 0. The lowest BCUT2D eigenvalue weighted by Crippen LogP contribution is -2.43. The molecule has 4 fully saturated rings. The normalized spacial score (nSPS) is 54.3. The van der Waals surface area contributed by atoms with Gasteiger partial charge < -0.3 is 14.2 Å². The van der Waals surface area contributed by atoms with Crippen molar-refractivity contribution in [2.75, 3.05) is 6.61 Å². The minimum atomic E-state index is 0.0761. The van der Waals surface area contributed by atoms with E-state index in [1.807, 2.05) is 0 Å². The molecule has 0 radical (unpaired) electrons. The molecule has 0 aromatic rings. The first-order valence-electron chi connectivity index (χ1n) is 9.00. The Morgan fingerprint density at radius 3 is 2.41 bits per heavy atom. The number of epoxide rings is 2. The van der Waals surface area contributed by atoms with Gasteiger partial charge in [-0.25, -0.2) is 0 Å². The summed E-state index contributed by atoms with van der Waals surface area (Å²) in [5, 5.41) is 0. The summed E-state index contributed by atoms with van der Waals surface area (Å²) in [7, 11) is 0. The Labute approximate surface area is 135 Å². The van der Waals surface area contributed by atoms with E-state index in [1.54, 1.807) is 0 Å². The minimum absolute atomic E-state index is 0.0761. The third-order valence-electron chi connectivity index (χ3n) is 6.82. The van der Waals surface area contributed by atoms with Gasteiger partial charge in [0.2, 0.25) is 0 Å². The molecule has 4 rings (SSSR count). The molecular formula is C19H32O3. The summed E-state index contributed by atoms with van der Waals surface area (Å²) in [6.45, 7) is 14.8. The van der Waals surface area contributed by atoms with Crippen LogP contribution in [-0.4, -0.2) is 36.1 Å². The molecule has 2 heterocycles. The number of hydrogen-bond acceptors (Lipinski definition) is 3. The number of hydrogen-bond donors (Lipinski definition) is 0. The van der Waals surface area contributed by atoms with Crippen LogP contribution in [0.25, 0.3) is 0 Å². The topological polar surface area (TPSA) is 34.3 Å². The van der Waals surface area contributed by atoms with Crippen molar-refractivity contribution < 1.29 is 14.2 Å². The summed E-state index contributed by atoms with van der Waals surface area (Å²) in [5.41, 5.74) is 0.865. The average Bonchev–Trinajstić information content (AvgIpc) is 3.17. The molecule has 0 bridgehead atoms. The molecule has 3 heteroatoms. The Hall–Kier alpha value is -0.120. The molecule has 2 saturated heterocycles. The Morgan fingerprint density at radius 1 is 0.955 bits per heavy atom. The first kappa shape index (κ1) is 15.4. The van der Waals surface area contributed by atoms with E-state index in [2.05, 4.69) is 41.5 Å². The summed E-state index contributed by atoms with van der Waals surface area (Å²) in [6.07, 6.45) is 5.67. The first-order chi connectivity index (χ1) is 10.0. The van der Waals surface area contributed by atoms with E-state index >= 15 is 0 Å². The maximum Gasteiger partial charge on any atom is 0.113 e. The fourth-order valence-electron chi connectivity index (χ4n) is 5.59. The van der Waals surface area contributed by atoms with Crippen molar-refractivity contribution in [1.82, 2.24) is 0 Å². The van der Waals surface area contributed by atoms with Crippen LogP contribution in [-0.2, 0) is 14.2 Å². The molecule has 126 valence electrons. The maximum absolute atomic E-state index is 6.43. The van der Waals surface area contributed by atoms with E-state index in [4.69, 9.17) is 14.2 Å². The van der Waals surface area contributed by atoms with Crippen molar-refractivity contribution in [3.63, 3.8) is 0 Å². The lowest BCUT2D eigenvalue weighted by Gasteiger charge is -2.41. The molecule has 6 atom stereocenters. The van der Waals surface area contributed by atoms with Gasteiger partial charge in [-0.05, 0) is 56.3 Å². The van der Waals surface area contributed by atoms with Crippen molar-refractivity contribution in [3.8, 4) is 0 Å². The molecule has 0 aromatic carbocycles. The Kier molecular flexibility index (Phi) is 3.00. The quantitative estimate of drug-likeness (QED) is 0.741. The minimum Gasteiger partial charge on any atom is -0.375 e. The smallest absolute Gasteiger partial charge is 0.113 e. The molecule has 2 aliphatic heterocycles. The summed E-state index contributed by atoms with van der Waals surface area (Å²) in [5.74, 6) is 0.600. The number of ether oxygens (including phenoxy) is 3. The van der Waals surface area contributed by atoms with E-state index in [9.17, 15) is 0 Å². The van der Waals surface area contributed by atoms with Gasteiger partial charge in [0, 0.05) is 0 Å². The molecule has 22 heavy (non-hydrogen) atoms. The molecule has 0 aromatic heterocycles. The summed E-state index contributed by atoms with van der Waals surface area (Å²) < 4.78 is 18.4. The van der Waals surface area contributed by atoms with E-state index in [0.29, 0.717) is 29.0 Å². The van der Waals surface area contributed by atoms with Crippen LogP contribution < -0.4 is 0 Å². The molecule has 4 aliphatic rings. The van der Waals surface area contributed by atoms with Crippen molar-refractivity contribution in [3.05, 3.63) is 0 Å². The largest absolute Gasteiger partial charge is 0.375 e. The van der Waals surface area contributed by atoms with Crippen molar-refractivity contribution in [1.29, 1.82) is 0 Å². The standard InChI is InChI=1S/C19H32O3/c1-16(2)8-13(15-19(6,10-16)22-15)20-9-12-7-14-18(5,21-14)11-17(12,3)4/h12-15H,7-11H2,1-6H3/t12-,13?,14?,15?,18?,19?/m0/s1. The van der Waals surface area contributed by atoms with Crippen LogP contribution in [0.1, 0.15) is 67.2 Å². The maximum atomic E-state index is 6.43. The van der Waals surface area contributed by atoms with Gasteiger partial charge in [-0.3, -0.25) is 0 Å². The second-order valence-corrected chi connectivity index (χ2v) is 10.3. The molecule has 0 N–H and O–H groups in total. The number of rotatable bonds is 3. The highest BCUT2D eigenvalue weighted by atomic mass is 16.6. The predicted octanol–water partition coefficient (Wildman–Crippen LogP) is 3.94. The molecule has 2 saturated carbocycles. The molecule has 0 amide bonds. The average molecular weight is 308 g/mol. The van der Waals surface area contributed by atoms with Gasteiger partial charge in [0.25, 0.3) is 0 Å². The first-order valence-corrected chi connectivity index (χ1v) is 9.00. The van der Waals surface area contributed by atoms with Crippen molar-refractivity contribution in [2.45, 2.75) is 96.7 Å². The third kappa shape index (κ3) is 2.44. The SMILES string of the molecule is CC1(C)CC(OC[C@@H]2CC3OC3(C)CC2(C)C)C2OC2(C)C1. The second-order valence-electron chi connectivity index (χ2n) is 10.3. The number of fused-ring (bicyclic) bond motifs is 2. The van der Waals surface area contributed by atoms with Crippen molar-refractivity contribution >= 4 is 0 Å². The third-order valence-corrected chi connectivity index (χ3v) is 6.82. The molecular weight excluding hydrogens is 276 g/mol. The van der Waals surface area contributed by atoms with Crippen LogP contribution in [0.4, 0.5) is 0 Å². The van der Waals surface area contributed by atoms with Crippen LogP contribution in [0.2, 0.25) is 0 Å². The van der Waals surface area contributed by atoms with Gasteiger partial charge in [-0.15, -0.1) is 0 Å². The highest BCUT2D eigenvalue weighted by Crippen LogP contribution is 2.58. The van der Waals surface area contributed by atoms with Crippen LogP contribution >= 0.6 is 0 Å². The van der Waals surface area contributed by atoms with Gasteiger partial charge in [-0.1, -0.05) is 27.7 Å².